The Bertz CT molecular complexity index is 910. The summed E-state index contributed by atoms with van der Waals surface area (Å²) in [4.78, 5) is 0. The van der Waals surface area contributed by atoms with Crippen molar-refractivity contribution in [2.75, 3.05) is 25.7 Å². The van der Waals surface area contributed by atoms with Crippen molar-refractivity contribution < 1.29 is 9.47 Å². The van der Waals surface area contributed by atoms with Gasteiger partial charge in [0.1, 0.15) is 11.5 Å². The van der Waals surface area contributed by atoms with Gasteiger partial charge in [-0.1, -0.05) is 48.6 Å². The first kappa shape index (κ1) is 19.1. The summed E-state index contributed by atoms with van der Waals surface area (Å²) < 4.78 is 10.4. The van der Waals surface area contributed by atoms with Crippen LogP contribution in [-0.2, 0) is 0 Å². The second kappa shape index (κ2) is 8.82. The molecule has 0 aliphatic rings. The van der Waals surface area contributed by atoms with E-state index in [1.165, 1.54) is 0 Å². The zero-order chi connectivity index (χ0) is 19.9. The molecule has 0 atom stereocenters. The van der Waals surface area contributed by atoms with E-state index < -0.39 is 0 Å². The molecule has 0 aliphatic heterocycles. The van der Waals surface area contributed by atoms with Gasteiger partial charge in [0.2, 0.25) is 0 Å². The molecule has 28 heavy (non-hydrogen) atoms. The van der Waals surface area contributed by atoms with Crippen LogP contribution in [0.2, 0.25) is 0 Å². The number of rotatable bonds is 6. The summed E-state index contributed by atoms with van der Waals surface area (Å²) in [5.74, 6) is 1.66. The maximum absolute atomic E-state index is 6.15. The van der Waals surface area contributed by atoms with Crippen LogP contribution in [0.5, 0.6) is 11.5 Å². The minimum Gasteiger partial charge on any atom is -0.497 e. The highest BCUT2D eigenvalue weighted by molar-refractivity contribution is 5.84. The molecule has 4 nitrogen and oxygen atoms in total. The number of anilines is 2. The van der Waals surface area contributed by atoms with Gasteiger partial charge in [-0.05, 0) is 58.7 Å². The largest absolute Gasteiger partial charge is 0.497 e. The van der Waals surface area contributed by atoms with Gasteiger partial charge < -0.3 is 20.9 Å². The van der Waals surface area contributed by atoms with Crippen LogP contribution in [0.15, 0.2) is 60.7 Å². The van der Waals surface area contributed by atoms with Crippen molar-refractivity contribution in [3.63, 3.8) is 0 Å². The molecule has 0 spiro atoms. The molecule has 0 bridgehead atoms. The molecule has 0 saturated carbocycles. The summed E-state index contributed by atoms with van der Waals surface area (Å²) in [6.45, 7) is 0. The van der Waals surface area contributed by atoms with Crippen molar-refractivity contribution in [3.05, 3.63) is 82.9 Å². The zero-order valence-corrected chi connectivity index (χ0v) is 16.1. The van der Waals surface area contributed by atoms with Gasteiger partial charge in [0.05, 0.1) is 14.2 Å². The Morgan fingerprint density at radius 2 is 0.964 bits per heavy atom. The Hall–Kier alpha value is -3.66. The standard InChI is InChI=1S/C24H24N2O2/c1-27-21-11-5-17(6-12-21)3-9-19-15-20(24(26)16-23(19)25)10-4-18-7-13-22(28-2)14-8-18/h3-16H,25-26H2,1-2H3/b9-3-,10-4+. The Kier molecular flexibility index (Phi) is 6.02. The van der Waals surface area contributed by atoms with E-state index in [4.69, 9.17) is 20.9 Å². The average Bonchev–Trinajstić information content (AvgIpc) is 2.73. The van der Waals surface area contributed by atoms with Crippen molar-refractivity contribution in [2.45, 2.75) is 0 Å². The van der Waals surface area contributed by atoms with Crippen molar-refractivity contribution in [1.29, 1.82) is 0 Å². The fourth-order valence-corrected chi connectivity index (χ4v) is 2.76. The van der Waals surface area contributed by atoms with E-state index in [1.807, 2.05) is 78.9 Å². The van der Waals surface area contributed by atoms with Crippen molar-refractivity contribution in [3.8, 4) is 11.5 Å². The molecule has 0 saturated heterocycles. The summed E-state index contributed by atoms with van der Waals surface area (Å²) in [7, 11) is 3.31. The number of benzene rings is 3. The lowest BCUT2D eigenvalue weighted by Gasteiger charge is -2.07. The molecule has 0 heterocycles. The van der Waals surface area contributed by atoms with E-state index >= 15 is 0 Å². The minimum atomic E-state index is 0.642. The molecular formula is C24H24N2O2. The summed E-state index contributed by atoms with van der Waals surface area (Å²) in [6.07, 6.45) is 8.00. The van der Waals surface area contributed by atoms with Crippen LogP contribution in [0.3, 0.4) is 0 Å². The van der Waals surface area contributed by atoms with Gasteiger partial charge in [-0.15, -0.1) is 0 Å². The molecular weight excluding hydrogens is 348 g/mol. The number of hydrogen-bond donors (Lipinski definition) is 2. The second-order valence-corrected chi connectivity index (χ2v) is 6.32. The normalized spacial score (nSPS) is 11.2. The number of hydrogen-bond acceptors (Lipinski definition) is 4. The third kappa shape index (κ3) is 4.74. The van der Waals surface area contributed by atoms with Crippen LogP contribution in [0.1, 0.15) is 22.3 Å². The zero-order valence-electron chi connectivity index (χ0n) is 16.1. The number of ether oxygens (including phenoxy) is 2. The molecule has 4 N–H and O–H groups in total. The molecule has 3 aromatic rings. The monoisotopic (exact) mass is 372 g/mol. The Balaban J connectivity index is 1.82. The summed E-state index contributed by atoms with van der Waals surface area (Å²) in [6, 6.07) is 19.5. The van der Waals surface area contributed by atoms with Crippen LogP contribution in [-0.4, -0.2) is 14.2 Å². The van der Waals surface area contributed by atoms with E-state index in [0.717, 1.165) is 33.8 Å². The van der Waals surface area contributed by atoms with Gasteiger partial charge in [0.25, 0.3) is 0 Å². The first-order valence-corrected chi connectivity index (χ1v) is 8.92. The highest BCUT2D eigenvalue weighted by Crippen LogP contribution is 2.25. The fourth-order valence-electron chi connectivity index (χ4n) is 2.76. The van der Waals surface area contributed by atoms with Gasteiger partial charge in [0, 0.05) is 11.4 Å². The number of nitrogen functional groups attached to an aromatic ring is 2. The molecule has 3 aromatic carbocycles. The van der Waals surface area contributed by atoms with Crippen LogP contribution in [0.4, 0.5) is 11.4 Å². The van der Waals surface area contributed by atoms with Gasteiger partial charge in [-0.3, -0.25) is 0 Å². The molecule has 0 unspecified atom stereocenters. The van der Waals surface area contributed by atoms with Gasteiger partial charge in [-0.25, -0.2) is 0 Å². The first-order valence-electron chi connectivity index (χ1n) is 8.92. The first-order chi connectivity index (χ1) is 13.6. The van der Waals surface area contributed by atoms with Gasteiger partial charge >= 0.3 is 0 Å². The lowest BCUT2D eigenvalue weighted by molar-refractivity contribution is 0.414. The second-order valence-electron chi connectivity index (χ2n) is 6.32. The summed E-state index contributed by atoms with van der Waals surface area (Å²) in [5, 5.41) is 0. The molecule has 0 fully saturated rings. The fraction of sp³-hybridized carbons (Fsp3) is 0.0833. The van der Waals surface area contributed by atoms with E-state index in [9.17, 15) is 0 Å². The molecule has 4 heteroatoms. The van der Waals surface area contributed by atoms with Crippen molar-refractivity contribution >= 4 is 35.7 Å². The maximum atomic E-state index is 6.15. The van der Waals surface area contributed by atoms with Crippen LogP contribution in [0, 0.1) is 0 Å². The van der Waals surface area contributed by atoms with Crippen LogP contribution < -0.4 is 20.9 Å². The van der Waals surface area contributed by atoms with E-state index in [-0.39, 0.29) is 0 Å². The maximum Gasteiger partial charge on any atom is 0.118 e. The Labute approximate surface area is 165 Å². The third-order valence-corrected chi connectivity index (χ3v) is 4.43. The Morgan fingerprint density at radius 1 is 0.571 bits per heavy atom. The number of nitrogens with two attached hydrogens (primary N) is 2. The predicted octanol–water partition coefficient (Wildman–Crippen LogP) is 5.21. The molecule has 0 amide bonds. The minimum absolute atomic E-state index is 0.642. The van der Waals surface area contributed by atoms with Gasteiger partial charge in [0.15, 0.2) is 0 Å². The van der Waals surface area contributed by atoms with E-state index in [1.54, 1.807) is 20.3 Å². The third-order valence-electron chi connectivity index (χ3n) is 4.43. The molecule has 0 aromatic heterocycles. The van der Waals surface area contributed by atoms with Crippen LogP contribution in [0.25, 0.3) is 24.3 Å². The topological polar surface area (TPSA) is 70.5 Å². The number of methoxy groups -OCH3 is 2. The Morgan fingerprint density at radius 3 is 1.32 bits per heavy atom. The lowest BCUT2D eigenvalue weighted by Crippen LogP contribution is -1.96. The van der Waals surface area contributed by atoms with Crippen molar-refractivity contribution in [1.82, 2.24) is 0 Å². The quantitative estimate of drug-likeness (QED) is 0.460. The van der Waals surface area contributed by atoms with Crippen molar-refractivity contribution in [2.24, 2.45) is 0 Å². The highest BCUT2D eigenvalue weighted by atomic mass is 16.5. The molecule has 142 valence electrons. The smallest absolute Gasteiger partial charge is 0.118 e. The van der Waals surface area contributed by atoms with Gasteiger partial charge in [-0.2, -0.15) is 0 Å². The predicted molar refractivity (Wildman–Crippen MR) is 119 cm³/mol. The molecule has 0 radical (unpaired) electrons. The lowest BCUT2D eigenvalue weighted by atomic mass is 10.0. The molecule has 0 aliphatic carbocycles. The summed E-state index contributed by atoms with van der Waals surface area (Å²) in [5.41, 5.74) is 17.5. The molecule has 3 rings (SSSR count). The SMILES string of the molecule is COc1ccc(/C=C\c2cc(/C=C/c3ccc(OC)cc3)c(N)cc2N)cc1. The van der Waals surface area contributed by atoms with E-state index in [2.05, 4.69) is 0 Å². The van der Waals surface area contributed by atoms with E-state index in [0.29, 0.717) is 11.4 Å². The summed E-state index contributed by atoms with van der Waals surface area (Å²) >= 11 is 0. The van der Waals surface area contributed by atoms with Crippen LogP contribution >= 0.6 is 0 Å². The highest BCUT2D eigenvalue weighted by Gasteiger charge is 2.02. The average molecular weight is 372 g/mol.